The van der Waals surface area contributed by atoms with Gasteiger partial charge in [0.2, 0.25) is 5.91 Å². The zero-order valence-corrected chi connectivity index (χ0v) is 12.5. The van der Waals surface area contributed by atoms with Gasteiger partial charge in [-0.3, -0.25) is 4.79 Å². The molecule has 2 bridgehead atoms. The predicted octanol–water partition coefficient (Wildman–Crippen LogP) is 1.51. The molecule has 2 heterocycles. The number of fused-ring (bicyclic) bond motifs is 2. The molecule has 2 N–H and O–H groups in total. The SMILES string of the molecule is CCCN(CCCC(=O)NC)C1CC2CCC(C1)N2. The zero-order valence-electron chi connectivity index (χ0n) is 12.5. The molecule has 19 heavy (non-hydrogen) atoms. The molecule has 0 aliphatic carbocycles. The van der Waals surface area contributed by atoms with Crippen molar-refractivity contribution < 1.29 is 4.79 Å². The van der Waals surface area contributed by atoms with E-state index in [1.807, 2.05) is 0 Å². The van der Waals surface area contributed by atoms with E-state index < -0.39 is 0 Å². The Morgan fingerprint density at radius 2 is 1.95 bits per heavy atom. The molecule has 2 atom stereocenters. The van der Waals surface area contributed by atoms with Gasteiger partial charge in [0.25, 0.3) is 0 Å². The third kappa shape index (κ3) is 4.18. The summed E-state index contributed by atoms with van der Waals surface area (Å²) in [5, 5.41) is 6.42. The van der Waals surface area contributed by atoms with Crippen LogP contribution in [-0.4, -0.2) is 49.1 Å². The van der Waals surface area contributed by atoms with Gasteiger partial charge in [-0.15, -0.1) is 0 Å². The molecule has 2 unspecified atom stereocenters. The van der Waals surface area contributed by atoms with Crippen LogP contribution in [0.3, 0.4) is 0 Å². The van der Waals surface area contributed by atoms with Crippen molar-refractivity contribution in [2.75, 3.05) is 20.1 Å². The fraction of sp³-hybridized carbons (Fsp3) is 0.933. The van der Waals surface area contributed by atoms with Crippen LogP contribution >= 0.6 is 0 Å². The molecule has 0 radical (unpaired) electrons. The molecule has 0 aromatic heterocycles. The minimum atomic E-state index is 0.168. The number of carbonyl (C=O) groups excluding carboxylic acids is 1. The van der Waals surface area contributed by atoms with E-state index in [1.54, 1.807) is 7.05 Å². The van der Waals surface area contributed by atoms with Crippen LogP contribution < -0.4 is 10.6 Å². The first-order chi connectivity index (χ1) is 9.22. The summed E-state index contributed by atoms with van der Waals surface area (Å²) >= 11 is 0. The molecule has 0 saturated carbocycles. The predicted molar refractivity (Wildman–Crippen MR) is 78.1 cm³/mol. The molecule has 0 aromatic rings. The monoisotopic (exact) mass is 267 g/mol. The van der Waals surface area contributed by atoms with Gasteiger partial charge in [0, 0.05) is 31.6 Å². The molecule has 4 nitrogen and oxygen atoms in total. The van der Waals surface area contributed by atoms with E-state index in [4.69, 9.17) is 0 Å². The van der Waals surface area contributed by atoms with Gasteiger partial charge >= 0.3 is 0 Å². The summed E-state index contributed by atoms with van der Waals surface area (Å²) < 4.78 is 0. The van der Waals surface area contributed by atoms with Crippen LogP contribution in [0, 0.1) is 0 Å². The Balaban J connectivity index is 1.79. The topological polar surface area (TPSA) is 44.4 Å². The van der Waals surface area contributed by atoms with Gasteiger partial charge in [-0.2, -0.15) is 0 Å². The summed E-state index contributed by atoms with van der Waals surface area (Å²) in [4.78, 5) is 13.9. The average molecular weight is 267 g/mol. The minimum absolute atomic E-state index is 0.168. The Morgan fingerprint density at radius 1 is 1.26 bits per heavy atom. The molecule has 2 saturated heterocycles. The summed E-state index contributed by atoms with van der Waals surface area (Å²) in [6.45, 7) is 4.50. The van der Waals surface area contributed by atoms with Gasteiger partial charge in [-0.1, -0.05) is 6.92 Å². The van der Waals surface area contributed by atoms with Crippen LogP contribution in [0.25, 0.3) is 0 Å². The molecule has 2 fully saturated rings. The van der Waals surface area contributed by atoms with Crippen LogP contribution in [0.2, 0.25) is 0 Å². The third-order valence-electron chi connectivity index (χ3n) is 4.60. The smallest absolute Gasteiger partial charge is 0.219 e. The molecular weight excluding hydrogens is 238 g/mol. The molecule has 4 heteroatoms. The second-order valence-electron chi connectivity index (χ2n) is 6.08. The Hall–Kier alpha value is -0.610. The third-order valence-corrected chi connectivity index (χ3v) is 4.60. The summed E-state index contributed by atoms with van der Waals surface area (Å²) in [5.74, 6) is 0.168. The van der Waals surface area contributed by atoms with E-state index in [1.165, 1.54) is 38.6 Å². The van der Waals surface area contributed by atoms with Crippen LogP contribution in [0.5, 0.6) is 0 Å². The summed E-state index contributed by atoms with van der Waals surface area (Å²) in [7, 11) is 1.72. The van der Waals surface area contributed by atoms with Gasteiger partial charge in [0.1, 0.15) is 0 Å². The van der Waals surface area contributed by atoms with Gasteiger partial charge in [-0.05, 0) is 51.6 Å². The maximum Gasteiger partial charge on any atom is 0.219 e. The van der Waals surface area contributed by atoms with Crippen molar-refractivity contribution in [3.63, 3.8) is 0 Å². The highest BCUT2D eigenvalue weighted by Gasteiger charge is 2.35. The molecule has 2 rings (SSSR count). The lowest BCUT2D eigenvalue weighted by Crippen LogP contribution is -2.48. The number of nitrogens with zero attached hydrogens (tertiary/aromatic N) is 1. The first-order valence-corrected chi connectivity index (χ1v) is 7.93. The van der Waals surface area contributed by atoms with E-state index in [0.29, 0.717) is 6.42 Å². The highest BCUT2D eigenvalue weighted by Crippen LogP contribution is 2.29. The van der Waals surface area contributed by atoms with Gasteiger partial charge in [0.05, 0.1) is 0 Å². The normalized spacial score (nSPS) is 29.7. The minimum Gasteiger partial charge on any atom is -0.359 e. The lowest BCUT2D eigenvalue weighted by Gasteiger charge is -2.37. The zero-order chi connectivity index (χ0) is 13.7. The van der Waals surface area contributed by atoms with Crippen molar-refractivity contribution in [3.8, 4) is 0 Å². The number of carbonyl (C=O) groups is 1. The standard InChI is InChI=1S/C15H29N3O/c1-3-8-18(9-4-5-15(19)16-2)14-10-12-6-7-13(11-14)17-12/h12-14,17H,3-11H2,1-2H3,(H,16,19). The van der Waals surface area contributed by atoms with E-state index in [9.17, 15) is 4.79 Å². The number of hydrogen-bond donors (Lipinski definition) is 2. The molecule has 1 amide bonds. The van der Waals surface area contributed by atoms with E-state index >= 15 is 0 Å². The molecule has 110 valence electrons. The number of nitrogens with one attached hydrogen (secondary N) is 2. The first kappa shape index (κ1) is 14.8. The van der Waals surface area contributed by atoms with Gasteiger partial charge in [0.15, 0.2) is 0 Å². The second kappa shape index (κ2) is 7.25. The summed E-state index contributed by atoms with van der Waals surface area (Å²) in [5.41, 5.74) is 0. The van der Waals surface area contributed by atoms with E-state index in [-0.39, 0.29) is 5.91 Å². The Morgan fingerprint density at radius 3 is 2.53 bits per heavy atom. The second-order valence-corrected chi connectivity index (χ2v) is 6.08. The quantitative estimate of drug-likeness (QED) is 0.735. The van der Waals surface area contributed by atoms with Crippen molar-refractivity contribution in [1.29, 1.82) is 0 Å². The summed E-state index contributed by atoms with van der Waals surface area (Å²) in [6.07, 6.45) is 8.18. The van der Waals surface area contributed by atoms with Gasteiger partial charge in [-0.25, -0.2) is 0 Å². The Bertz CT molecular complexity index is 283. The van der Waals surface area contributed by atoms with Crippen LogP contribution in [0.1, 0.15) is 51.9 Å². The fourth-order valence-electron chi connectivity index (χ4n) is 3.66. The number of rotatable bonds is 7. The number of hydrogen-bond acceptors (Lipinski definition) is 3. The average Bonchev–Trinajstić information content (AvgIpc) is 2.76. The number of amides is 1. The summed E-state index contributed by atoms with van der Waals surface area (Å²) in [6, 6.07) is 2.24. The van der Waals surface area contributed by atoms with Crippen LogP contribution in [0.15, 0.2) is 0 Å². The highest BCUT2D eigenvalue weighted by atomic mass is 16.1. The van der Waals surface area contributed by atoms with Crippen molar-refractivity contribution in [2.24, 2.45) is 0 Å². The molecular formula is C15H29N3O. The van der Waals surface area contributed by atoms with Crippen molar-refractivity contribution >= 4 is 5.91 Å². The maximum atomic E-state index is 11.3. The van der Waals surface area contributed by atoms with Crippen molar-refractivity contribution in [3.05, 3.63) is 0 Å². The Kier molecular flexibility index (Phi) is 5.64. The lowest BCUT2D eigenvalue weighted by molar-refractivity contribution is -0.120. The Labute approximate surface area is 117 Å². The highest BCUT2D eigenvalue weighted by molar-refractivity contribution is 5.75. The molecule has 2 aliphatic rings. The van der Waals surface area contributed by atoms with Crippen molar-refractivity contribution in [2.45, 2.75) is 70.0 Å². The lowest BCUT2D eigenvalue weighted by atomic mass is 9.97. The van der Waals surface area contributed by atoms with E-state index in [2.05, 4.69) is 22.5 Å². The van der Waals surface area contributed by atoms with Crippen LogP contribution in [0.4, 0.5) is 0 Å². The fourth-order valence-corrected chi connectivity index (χ4v) is 3.66. The molecule has 0 aromatic carbocycles. The molecule has 0 spiro atoms. The largest absolute Gasteiger partial charge is 0.359 e. The van der Waals surface area contributed by atoms with Crippen molar-refractivity contribution in [1.82, 2.24) is 15.5 Å². The maximum absolute atomic E-state index is 11.3. The number of piperidine rings is 1. The first-order valence-electron chi connectivity index (χ1n) is 7.93. The van der Waals surface area contributed by atoms with Crippen LogP contribution in [-0.2, 0) is 4.79 Å². The van der Waals surface area contributed by atoms with E-state index in [0.717, 1.165) is 31.1 Å². The van der Waals surface area contributed by atoms with Gasteiger partial charge < -0.3 is 15.5 Å². The molecule has 2 aliphatic heterocycles.